The SMILES string of the molecule is CCOC(=O)C1SC(=S)N(Cc2ccc(Cl)cc2)C1=O. The summed E-state index contributed by atoms with van der Waals surface area (Å²) in [6.45, 7) is 2.27. The van der Waals surface area contributed by atoms with Crippen molar-refractivity contribution in [3.8, 4) is 0 Å². The largest absolute Gasteiger partial charge is 0.465 e. The highest BCUT2D eigenvalue weighted by Gasteiger charge is 2.42. The van der Waals surface area contributed by atoms with Crippen molar-refractivity contribution in [1.82, 2.24) is 4.90 Å². The lowest BCUT2D eigenvalue weighted by Crippen LogP contribution is -2.34. The van der Waals surface area contributed by atoms with Crippen LogP contribution in [0, 0.1) is 0 Å². The molecule has 0 radical (unpaired) electrons. The third-order valence-corrected chi connectivity index (χ3v) is 4.50. The Morgan fingerprint density at radius 3 is 2.70 bits per heavy atom. The van der Waals surface area contributed by atoms with Crippen molar-refractivity contribution < 1.29 is 14.3 Å². The minimum Gasteiger partial charge on any atom is -0.465 e. The average molecular weight is 330 g/mol. The summed E-state index contributed by atoms with van der Waals surface area (Å²) in [6, 6.07) is 7.13. The highest BCUT2D eigenvalue weighted by atomic mass is 35.5. The molecule has 4 nitrogen and oxygen atoms in total. The molecule has 0 saturated carbocycles. The summed E-state index contributed by atoms with van der Waals surface area (Å²) >= 11 is 12.0. The number of esters is 1. The van der Waals surface area contributed by atoms with Gasteiger partial charge >= 0.3 is 5.97 Å². The highest BCUT2D eigenvalue weighted by Crippen LogP contribution is 2.29. The van der Waals surface area contributed by atoms with E-state index in [4.69, 9.17) is 28.6 Å². The summed E-state index contributed by atoms with van der Waals surface area (Å²) in [6.07, 6.45) is 0. The lowest BCUT2D eigenvalue weighted by molar-refractivity contribution is -0.146. The first-order chi connectivity index (χ1) is 9.52. The Morgan fingerprint density at radius 1 is 1.45 bits per heavy atom. The van der Waals surface area contributed by atoms with Crippen molar-refractivity contribution in [2.75, 3.05) is 6.61 Å². The van der Waals surface area contributed by atoms with Gasteiger partial charge in [0.05, 0.1) is 13.2 Å². The van der Waals surface area contributed by atoms with Crippen molar-refractivity contribution in [3.05, 3.63) is 34.9 Å². The number of halogens is 1. The molecule has 1 aromatic rings. The number of rotatable bonds is 4. The van der Waals surface area contributed by atoms with E-state index < -0.39 is 11.2 Å². The van der Waals surface area contributed by atoms with Gasteiger partial charge < -0.3 is 4.74 Å². The maximum Gasteiger partial charge on any atom is 0.329 e. The minimum atomic E-state index is -0.880. The van der Waals surface area contributed by atoms with E-state index in [1.807, 2.05) is 12.1 Å². The Kier molecular flexibility index (Phi) is 5.01. The molecule has 7 heteroatoms. The number of hydrogen-bond acceptors (Lipinski definition) is 5. The van der Waals surface area contributed by atoms with E-state index >= 15 is 0 Å². The molecule has 1 aromatic carbocycles. The monoisotopic (exact) mass is 329 g/mol. The number of hydrogen-bond donors (Lipinski definition) is 0. The minimum absolute atomic E-state index is 0.243. The number of thiocarbonyl (C=S) groups is 1. The summed E-state index contributed by atoms with van der Waals surface area (Å²) in [5.41, 5.74) is 0.898. The molecule has 1 amide bonds. The van der Waals surface area contributed by atoms with Gasteiger partial charge in [-0.15, -0.1) is 0 Å². The maximum absolute atomic E-state index is 12.2. The molecule has 0 spiro atoms. The number of ether oxygens (including phenoxy) is 1. The van der Waals surface area contributed by atoms with Crippen LogP contribution in [0.15, 0.2) is 24.3 Å². The predicted octanol–water partition coefficient (Wildman–Crippen LogP) is 2.63. The zero-order valence-electron chi connectivity index (χ0n) is 10.7. The van der Waals surface area contributed by atoms with Crippen LogP contribution in [0.2, 0.25) is 5.02 Å². The third-order valence-electron chi connectivity index (χ3n) is 2.68. The fraction of sp³-hybridized carbons (Fsp3) is 0.308. The predicted molar refractivity (Wildman–Crippen MR) is 82.6 cm³/mol. The van der Waals surface area contributed by atoms with Crippen LogP contribution in [0.3, 0.4) is 0 Å². The van der Waals surface area contributed by atoms with Gasteiger partial charge in [0.2, 0.25) is 0 Å². The van der Waals surface area contributed by atoms with Crippen LogP contribution in [0.4, 0.5) is 0 Å². The molecule has 1 unspecified atom stereocenters. The molecule has 0 bridgehead atoms. The van der Waals surface area contributed by atoms with Crippen LogP contribution < -0.4 is 0 Å². The molecule has 20 heavy (non-hydrogen) atoms. The molecule has 0 N–H and O–H groups in total. The Balaban J connectivity index is 2.09. The molecule has 1 fully saturated rings. The van der Waals surface area contributed by atoms with Gasteiger partial charge in [0.25, 0.3) is 5.91 Å². The highest BCUT2D eigenvalue weighted by molar-refractivity contribution is 8.24. The Labute approximate surface area is 131 Å². The summed E-state index contributed by atoms with van der Waals surface area (Å²) in [7, 11) is 0. The van der Waals surface area contributed by atoms with Gasteiger partial charge in [0, 0.05) is 5.02 Å². The fourth-order valence-corrected chi connectivity index (χ4v) is 3.17. The van der Waals surface area contributed by atoms with Gasteiger partial charge in [-0.25, -0.2) is 0 Å². The van der Waals surface area contributed by atoms with E-state index in [0.29, 0.717) is 15.9 Å². The molecule has 1 aliphatic rings. The standard InChI is InChI=1S/C13H12ClNO3S2/c1-2-18-12(17)10-11(16)15(13(19)20-10)7-8-3-5-9(14)6-4-8/h3-6,10H,2,7H2,1H3. The number of carbonyl (C=O) groups excluding carboxylic acids is 2. The second-order valence-electron chi connectivity index (χ2n) is 4.07. The van der Waals surface area contributed by atoms with Crippen LogP contribution in [0.5, 0.6) is 0 Å². The molecule has 106 valence electrons. The van der Waals surface area contributed by atoms with Crippen LogP contribution in [-0.4, -0.2) is 33.0 Å². The molecule has 1 atom stereocenters. The average Bonchev–Trinajstić information content (AvgIpc) is 2.69. The maximum atomic E-state index is 12.2. The first-order valence-electron chi connectivity index (χ1n) is 5.96. The summed E-state index contributed by atoms with van der Waals surface area (Å²) in [4.78, 5) is 25.3. The normalized spacial score (nSPS) is 18.5. The first kappa shape index (κ1) is 15.3. The molecular formula is C13H12ClNO3S2. The van der Waals surface area contributed by atoms with Gasteiger partial charge in [0.1, 0.15) is 4.32 Å². The van der Waals surface area contributed by atoms with E-state index in [1.165, 1.54) is 4.90 Å². The molecule has 2 rings (SSSR count). The Morgan fingerprint density at radius 2 is 2.10 bits per heavy atom. The van der Waals surface area contributed by atoms with E-state index in [-0.39, 0.29) is 12.5 Å². The summed E-state index contributed by atoms with van der Waals surface area (Å²) in [5.74, 6) is -0.864. The Bertz CT molecular complexity index is 547. The van der Waals surface area contributed by atoms with Crippen molar-refractivity contribution in [3.63, 3.8) is 0 Å². The zero-order valence-corrected chi connectivity index (χ0v) is 13.1. The van der Waals surface area contributed by atoms with Crippen LogP contribution >= 0.6 is 35.6 Å². The second-order valence-corrected chi connectivity index (χ2v) is 6.24. The smallest absolute Gasteiger partial charge is 0.329 e. The van der Waals surface area contributed by atoms with Crippen molar-refractivity contribution in [2.45, 2.75) is 18.7 Å². The molecule has 0 aromatic heterocycles. The second kappa shape index (κ2) is 6.56. The molecule has 1 heterocycles. The van der Waals surface area contributed by atoms with Gasteiger partial charge in [-0.2, -0.15) is 0 Å². The quantitative estimate of drug-likeness (QED) is 0.483. The topological polar surface area (TPSA) is 46.6 Å². The van der Waals surface area contributed by atoms with Crippen LogP contribution in [0.1, 0.15) is 12.5 Å². The lowest BCUT2D eigenvalue weighted by atomic mass is 10.2. The third kappa shape index (κ3) is 3.31. The molecule has 0 aliphatic carbocycles. The van der Waals surface area contributed by atoms with Crippen LogP contribution in [0.25, 0.3) is 0 Å². The number of carbonyl (C=O) groups is 2. The number of benzene rings is 1. The number of thioether (sulfide) groups is 1. The van der Waals surface area contributed by atoms with Gasteiger partial charge in [-0.3, -0.25) is 14.5 Å². The fourth-order valence-electron chi connectivity index (χ4n) is 1.73. The van der Waals surface area contributed by atoms with Crippen LogP contribution in [-0.2, 0) is 20.9 Å². The van der Waals surface area contributed by atoms with E-state index in [2.05, 4.69) is 0 Å². The van der Waals surface area contributed by atoms with Gasteiger partial charge in [-0.05, 0) is 24.6 Å². The van der Waals surface area contributed by atoms with Crippen molar-refractivity contribution >= 4 is 51.8 Å². The van der Waals surface area contributed by atoms with E-state index in [1.54, 1.807) is 19.1 Å². The molecule has 1 aliphatic heterocycles. The summed E-state index contributed by atoms with van der Waals surface area (Å²) < 4.78 is 5.27. The zero-order chi connectivity index (χ0) is 14.7. The lowest BCUT2D eigenvalue weighted by Gasteiger charge is -2.15. The van der Waals surface area contributed by atoms with Crippen molar-refractivity contribution in [2.24, 2.45) is 0 Å². The first-order valence-corrected chi connectivity index (χ1v) is 7.62. The van der Waals surface area contributed by atoms with E-state index in [0.717, 1.165) is 17.3 Å². The number of amides is 1. The van der Waals surface area contributed by atoms with E-state index in [9.17, 15) is 9.59 Å². The number of nitrogens with zero attached hydrogens (tertiary/aromatic N) is 1. The summed E-state index contributed by atoms with van der Waals surface area (Å²) in [5, 5.41) is -0.252. The molecule has 1 saturated heterocycles. The van der Waals surface area contributed by atoms with Gasteiger partial charge in [0.15, 0.2) is 5.25 Å². The van der Waals surface area contributed by atoms with Crippen molar-refractivity contribution in [1.29, 1.82) is 0 Å². The Hall–Kier alpha value is -1.11. The molecular weight excluding hydrogens is 318 g/mol. The van der Waals surface area contributed by atoms with Gasteiger partial charge in [-0.1, -0.05) is 47.7 Å².